The molecule has 0 saturated heterocycles. The Morgan fingerprint density at radius 3 is 2.83 bits per heavy atom. The van der Waals surface area contributed by atoms with Gasteiger partial charge in [0.15, 0.2) is 0 Å². The highest BCUT2D eigenvalue weighted by atomic mass is 16.3. The first-order valence-corrected chi connectivity index (χ1v) is 5.73. The van der Waals surface area contributed by atoms with Crippen LogP contribution in [0.2, 0.25) is 0 Å². The number of anilines is 1. The lowest BCUT2D eigenvalue weighted by molar-refractivity contribution is -0.116. The number of aromatic hydroxyl groups is 1. The zero-order valence-electron chi connectivity index (χ0n) is 10.1. The van der Waals surface area contributed by atoms with E-state index in [1.54, 1.807) is 22.9 Å². The van der Waals surface area contributed by atoms with Crippen molar-refractivity contribution in [1.29, 1.82) is 0 Å². The molecular formula is C13H15N3O2. The molecular weight excluding hydrogens is 230 g/mol. The summed E-state index contributed by atoms with van der Waals surface area (Å²) in [5.74, 6) is -0.0783. The zero-order valence-corrected chi connectivity index (χ0v) is 10.1. The van der Waals surface area contributed by atoms with Gasteiger partial charge in [0.05, 0.1) is 11.4 Å². The molecule has 1 amide bonds. The summed E-state index contributed by atoms with van der Waals surface area (Å²) in [4.78, 5) is 11.7. The Kier molecular flexibility index (Phi) is 3.62. The Labute approximate surface area is 105 Å². The maximum Gasteiger partial charge on any atom is 0.226 e. The molecule has 5 nitrogen and oxygen atoms in total. The second kappa shape index (κ2) is 5.35. The van der Waals surface area contributed by atoms with Crippen molar-refractivity contribution in [3.05, 3.63) is 42.2 Å². The highest BCUT2D eigenvalue weighted by molar-refractivity contribution is 5.92. The minimum Gasteiger partial charge on any atom is -0.506 e. The number of hydrogen-bond donors (Lipinski definition) is 2. The van der Waals surface area contributed by atoms with Crippen molar-refractivity contribution in [2.75, 3.05) is 5.32 Å². The number of aryl methyl sites for hydroxylation is 2. The standard InChI is InChI=1S/C13H15N3O2/c1-10-6-8-16(15-10)9-7-13(18)14-11-4-2-3-5-12(11)17/h2-6,8,17H,7,9H2,1H3,(H,14,18). The van der Waals surface area contributed by atoms with E-state index in [1.807, 2.05) is 19.2 Å². The van der Waals surface area contributed by atoms with Crippen molar-refractivity contribution < 1.29 is 9.90 Å². The van der Waals surface area contributed by atoms with E-state index in [4.69, 9.17) is 0 Å². The first-order chi connectivity index (χ1) is 8.65. The smallest absolute Gasteiger partial charge is 0.226 e. The van der Waals surface area contributed by atoms with Gasteiger partial charge in [-0.3, -0.25) is 9.48 Å². The fraction of sp³-hybridized carbons (Fsp3) is 0.231. The Bertz CT molecular complexity index is 549. The van der Waals surface area contributed by atoms with E-state index in [0.717, 1.165) is 5.69 Å². The Hall–Kier alpha value is -2.30. The number of aromatic nitrogens is 2. The number of rotatable bonds is 4. The van der Waals surface area contributed by atoms with Crippen molar-refractivity contribution in [3.8, 4) is 5.75 Å². The summed E-state index contributed by atoms with van der Waals surface area (Å²) >= 11 is 0. The summed E-state index contributed by atoms with van der Waals surface area (Å²) in [5, 5.41) is 16.4. The minimum absolute atomic E-state index is 0.0702. The van der Waals surface area contributed by atoms with E-state index in [0.29, 0.717) is 18.7 Å². The molecule has 0 atom stereocenters. The molecule has 0 unspecified atom stereocenters. The molecule has 1 aromatic carbocycles. The van der Waals surface area contributed by atoms with Crippen LogP contribution in [0.3, 0.4) is 0 Å². The van der Waals surface area contributed by atoms with Gasteiger partial charge in [-0.25, -0.2) is 0 Å². The maximum atomic E-state index is 11.7. The third-order valence-corrected chi connectivity index (χ3v) is 2.52. The van der Waals surface area contributed by atoms with Crippen molar-refractivity contribution in [3.63, 3.8) is 0 Å². The monoisotopic (exact) mass is 245 g/mol. The highest BCUT2D eigenvalue weighted by Gasteiger charge is 2.06. The summed E-state index contributed by atoms with van der Waals surface area (Å²) in [7, 11) is 0. The molecule has 0 spiro atoms. The van der Waals surface area contributed by atoms with Crippen molar-refractivity contribution in [2.45, 2.75) is 19.9 Å². The summed E-state index contributed by atoms with van der Waals surface area (Å²) < 4.78 is 1.72. The molecule has 94 valence electrons. The molecule has 0 aliphatic carbocycles. The summed E-state index contributed by atoms with van der Waals surface area (Å²) in [6.45, 7) is 2.42. The number of benzene rings is 1. The molecule has 18 heavy (non-hydrogen) atoms. The van der Waals surface area contributed by atoms with Crippen molar-refractivity contribution in [2.24, 2.45) is 0 Å². The zero-order chi connectivity index (χ0) is 13.0. The van der Waals surface area contributed by atoms with E-state index < -0.39 is 0 Å². The number of amides is 1. The second-order valence-electron chi connectivity index (χ2n) is 4.04. The normalized spacial score (nSPS) is 10.3. The number of phenols is 1. The van der Waals surface area contributed by atoms with Crippen LogP contribution in [0.1, 0.15) is 12.1 Å². The summed E-state index contributed by atoms with van der Waals surface area (Å²) in [6, 6.07) is 8.54. The van der Waals surface area contributed by atoms with E-state index in [1.165, 1.54) is 6.07 Å². The number of carbonyl (C=O) groups is 1. The number of para-hydroxylation sites is 2. The van der Waals surface area contributed by atoms with Crippen LogP contribution in [0.5, 0.6) is 5.75 Å². The third kappa shape index (κ3) is 3.10. The van der Waals surface area contributed by atoms with Crippen LogP contribution in [-0.4, -0.2) is 20.8 Å². The van der Waals surface area contributed by atoms with Crippen molar-refractivity contribution in [1.82, 2.24) is 9.78 Å². The van der Waals surface area contributed by atoms with Gasteiger partial charge in [0.2, 0.25) is 5.91 Å². The SMILES string of the molecule is Cc1ccn(CCC(=O)Nc2ccccc2O)n1. The molecule has 1 heterocycles. The molecule has 0 aliphatic rings. The summed E-state index contributed by atoms with van der Waals surface area (Å²) in [6.07, 6.45) is 2.15. The quantitative estimate of drug-likeness (QED) is 0.809. The lowest BCUT2D eigenvalue weighted by Crippen LogP contribution is -2.14. The van der Waals surface area contributed by atoms with Crippen LogP contribution in [0.4, 0.5) is 5.69 Å². The number of hydrogen-bond acceptors (Lipinski definition) is 3. The average molecular weight is 245 g/mol. The van der Waals surface area contributed by atoms with Crippen LogP contribution in [-0.2, 0) is 11.3 Å². The number of nitrogens with one attached hydrogen (secondary N) is 1. The van der Waals surface area contributed by atoms with Crippen LogP contribution in [0.25, 0.3) is 0 Å². The van der Waals surface area contributed by atoms with E-state index >= 15 is 0 Å². The van der Waals surface area contributed by atoms with E-state index in [-0.39, 0.29) is 11.7 Å². The fourth-order valence-corrected chi connectivity index (χ4v) is 1.60. The van der Waals surface area contributed by atoms with Crippen molar-refractivity contribution >= 4 is 11.6 Å². The van der Waals surface area contributed by atoms with E-state index in [2.05, 4.69) is 10.4 Å². The van der Waals surface area contributed by atoms with Crippen LogP contribution in [0, 0.1) is 6.92 Å². The predicted molar refractivity (Wildman–Crippen MR) is 68.3 cm³/mol. The van der Waals surface area contributed by atoms with Gasteiger partial charge in [0.1, 0.15) is 5.75 Å². The van der Waals surface area contributed by atoms with Crippen LogP contribution >= 0.6 is 0 Å². The van der Waals surface area contributed by atoms with Gasteiger partial charge in [-0.15, -0.1) is 0 Å². The molecule has 0 aliphatic heterocycles. The van der Waals surface area contributed by atoms with Gasteiger partial charge < -0.3 is 10.4 Å². The number of carbonyl (C=O) groups excluding carboxylic acids is 1. The van der Waals surface area contributed by atoms with Gasteiger partial charge in [0.25, 0.3) is 0 Å². The molecule has 0 saturated carbocycles. The first kappa shape index (κ1) is 12.2. The largest absolute Gasteiger partial charge is 0.506 e. The van der Waals surface area contributed by atoms with Crippen LogP contribution < -0.4 is 5.32 Å². The lowest BCUT2D eigenvalue weighted by Gasteiger charge is -2.06. The van der Waals surface area contributed by atoms with Gasteiger partial charge >= 0.3 is 0 Å². The Morgan fingerprint density at radius 2 is 2.17 bits per heavy atom. The minimum atomic E-state index is -0.148. The Balaban J connectivity index is 1.88. The van der Waals surface area contributed by atoms with Gasteiger partial charge in [0, 0.05) is 19.2 Å². The molecule has 1 aromatic heterocycles. The number of phenolic OH excluding ortho intramolecular Hbond substituents is 1. The topological polar surface area (TPSA) is 67.2 Å². The molecule has 2 N–H and O–H groups in total. The molecule has 5 heteroatoms. The first-order valence-electron chi connectivity index (χ1n) is 5.73. The molecule has 2 aromatic rings. The molecule has 2 rings (SSSR count). The summed E-state index contributed by atoms with van der Waals surface area (Å²) in [5.41, 5.74) is 1.36. The maximum absolute atomic E-state index is 11.7. The molecule has 0 radical (unpaired) electrons. The van der Waals surface area contributed by atoms with Gasteiger partial charge in [-0.1, -0.05) is 12.1 Å². The highest BCUT2D eigenvalue weighted by Crippen LogP contribution is 2.21. The van der Waals surface area contributed by atoms with E-state index in [9.17, 15) is 9.90 Å². The molecule has 0 bridgehead atoms. The van der Waals surface area contributed by atoms with Gasteiger partial charge in [-0.05, 0) is 25.1 Å². The Morgan fingerprint density at radius 1 is 1.39 bits per heavy atom. The number of nitrogens with zero attached hydrogens (tertiary/aromatic N) is 2. The molecule has 0 fully saturated rings. The predicted octanol–water partition coefficient (Wildman–Crippen LogP) is 1.93. The lowest BCUT2D eigenvalue weighted by atomic mass is 10.3. The third-order valence-electron chi connectivity index (χ3n) is 2.52. The second-order valence-corrected chi connectivity index (χ2v) is 4.04. The van der Waals surface area contributed by atoms with Gasteiger partial charge in [-0.2, -0.15) is 5.10 Å². The van der Waals surface area contributed by atoms with Crippen LogP contribution in [0.15, 0.2) is 36.5 Å². The average Bonchev–Trinajstić information content (AvgIpc) is 2.76. The fourth-order valence-electron chi connectivity index (χ4n) is 1.60.